The summed E-state index contributed by atoms with van der Waals surface area (Å²) in [5.41, 5.74) is 1.78. The molecule has 24 heavy (non-hydrogen) atoms. The van der Waals surface area contributed by atoms with Crippen LogP contribution in [0.1, 0.15) is 40.6 Å². The first-order valence-electron chi connectivity index (χ1n) is 8.14. The molecule has 1 aliphatic carbocycles. The van der Waals surface area contributed by atoms with Gasteiger partial charge in [0.25, 0.3) is 5.91 Å². The third kappa shape index (κ3) is 4.82. The van der Waals surface area contributed by atoms with Crippen molar-refractivity contribution in [2.75, 3.05) is 26.2 Å². The van der Waals surface area contributed by atoms with Gasteiger partial charge < -0.3 is 10.2 Å². The van der Waals surface area contributed by atoms with Gasteiger partial charge in [0.1, 0.15) is 9.88 Å². The molecule has 0 radical (unpaired) electrons. The molecule has 1 N–H and O–H groups in total. The Morgan fingerprint density at radius 2 is 2.12 bits per heavy atom. The SMILES string of the molecule is CCN(CC)CCNC(=O)c1sc(C2=CC=C(Cl)C(Cl)C2)nc1C. The van der Waals surface area contributed by atoms with Gasteiger partial charge in [-0.25, -0.2) is 4.98 Å². The van der Waals surface area contributed by atoms with Gasteiger partial charge in [0.15, 0.2) is 0 Å². The lowest BCUT2D eigenvalue weighted by Crippen LogP contribution is -2.34. The van der Waals surface area contributed by atoms with E-state index in [9.17, 15) is 4.79 Å². The fraction of sp³-hybridized carbons (Fsp3) is 0.529. The highest BCUT2D eigenvalue weighted by Gasteiger charge is 2.21. The van der Waals surface area contributed by atoms with Crippen LogP contribution in [0.5, 0.6) is 0 Å². The average molecular weight is 388 g/mol. The van der Waals surface area contributed by atoms with E-state index in [1.807, 2.05) is 13.0 Å². The largest absolute Gasteiger partial charge is 0.350 e. The van der Waals surface area contributed by atoms with Crippen molar-refractivity contribution < 1.29 is 4.79 Å². The van der Waals surface area contributed by atoms with Crippen LogP contribution < -0.4 is 5.32 Å². The molecule has 7 heteroatoms. The molecule has 0 saturated carbocycles. The molecule has 132 valence electrons. The predicted octanol–water partition coefficient (Wildman–Crippen LogP) is 4.04. The zero-order chi connectivity index (χ0) is 17.7. The molecule has 4 nitrogen and oxygen atoms in total. The maximum absolute atomic E-state index is 12.4. The second kappa shape index (κ2) is 8.99. The summed E-state index contributed by atoms with van der Waals surface area (Å²) < 4.78 is 0. The molecular formula is C17H23Cl2N3OS. The number of amides is 1. The highest BCUT2D eigenvalue weighted by molar-refractivity contribution is 7.14. The smallest absolute Gasteiger partial charge is 0.263 e. The molecule has 1 aliphatic rings. The maximum Gasteiger partial charge on any atom is 0.263 e. The first-order chi connectivity index (χ1) is 11.5. The van der Waals surface area contributed by atoms with E-state index < -0.39 is 0 Å². The minimum Gasteiger partial charge on any atom is -0.350 e. The third-order valence-corrected chi connectivity index (χ3v) is 6.15. The van der Waals surface area contributed by atoms with E-state index in [0.717, 1.165) is 35.9 Å². The number of hydrogen-bond donors (Lipinski definition) is 1. The van der Waals surface area contributed by atoms with E-state index in [0.29, 0.717) is 22.9 Å². The monoisotopic (exact) mass is 387 g/mol. The van der Waals surface area contributed by atoms with Gasteiger partial charge in [-0.2, -0.15) is 0 Å². The number of carbonyl (C=O) groups excluding carboxylic acids is 1. The second-order valence-electron chi connectivity index (χ2n) is 5.63. The Morgan fingerprint density at radius 3 is 2.75 bits per heavy atom. The summed E-state index contributed by atoms with van der Waals surface area (Å²) in [5, 5.41) is 4.24. The number of likely N-dealkylation sites (N-methyl/N-ethyl adjacent to an activating group) is 1. The zero-order valence-electron chi connectivity index (χ0n) is 14.2. The van der Waals surface area contributed by atoms with Gasteiger partial charge in [-0.15, -0.1) is 22.9 Å². The van der Waals surface area contributed by atoms with Gasteiger partial charge in [-0.1, -0.05) is 31.5 Å². The zero-order valence-corrected chi connectivity index (χ0v) is 16.6. The summed E-state index contributed by atoms with van der Waals surface area (Å²) in [7, 11) is 0. The lowest BCUT2D eigenvalue weighted by molar-refractivity contribution is 0.0952. The normalized spacial score (nSPS) is 17.7. The molecule has 1 amide bonds. The maximum atomic E-state index is 12.4. The van der Waals surface area contributed by atoms with Crippen molar-refractivity contribution in [1.29, 1.82) is 0 Å². The van der Waals surface area contributed by atoms with Crippen molar-refractivity contribution in [3.63, 3.8) is 0 Å². The Bertz CT molecular complexity index is 650. The molecule has 0 aromatic carbocycles. The number of rotatable bonds is 7. The van der Waals surface area contributed by atoms with Gasteiger partial charge >= 0.3 is 0 Å². The number of aromatic nitrogens is 1. The topological polar surface area (TPSA) is 45.2 Å². The Morgan fingerprint density at radius 1 is 1.42 bits per heavy atom. The van der Waals surface area contributed by atoms with Crippen molar-refractivity contribution >= 4 is 46.0 Å². The molecule has 1 atom stereocenters. The van der Waals surface area contributed by atoms with Gasteiger partial charge in [-0.05, 0) is 38.1 Å². The molecule has 0 aliphatic heterocycles. The molecular weight excluding hydrogens is 365 g/mol. The number of nitrogens with zero attached hydrogens (tertiary/aromatic N) is 2. The summed E-state index contributed by atoms with van der Waals surface area (Å²) in [6.07, 6.45) is 4.37. The number of thiazole rings is 1. The fourth-order valence-corrected chi connectivity index (χ4v) is 3.89. The number of alkyl halides is 1. The number of halogens is 2. The minimum atomic E-state index is -0.220. The molecule has 1 unspecified atom stereocenters. The Hall–Kier alpha value is -0.880. The lowest BCUT2D eigenvalue weighted by atomic mass is 10.1. The number of allylic oxidation sites excluding steroid dienone is 4. The summed E-state index contributed by atoms with van der Waals surface area (Å²) in [6, 6.07) is 0. The van der Waals surface area contributed by atoms with Crippen LogP contribution >= 0.6 is 34.5 Å². The third-order valence-electron chi connectivity index (χ3n) is 4.03. The van der Waals surface area contributed by atoms with E-state index in [1.165, 1.54) is 11.3 Å². The van der Waals surface area contributed by atoms with E-state index in [2.05, 4.69) is 29.0 Å². The van der Waals surface area contributed by atoms with Crippen LogP contribution in [0.2, 0.25) is 0 Å². The van der Waals surface area contributed by atoms with Crippen LogP contribution in [0, 0.1) is 6.92 Å². The molecule has 1 heterocycles. The summed E-state index contributed by atoms with van der Waals surface area (Å²) in [6.45, 7) is 9.56. The van der Waals surface area contributed by atoms with Crippen molar-refractivity contribution in [2.45, 2.75) is 32.6 Å². The van der Waals surface area contributed by atoms with Crippen LogP contribution in [0.3, 0.4) is 0 Å². The van der Waals surface area contributed by atoms with Gasteiger partial charge in [-0.3, -0.25) is 4.79 Å². The van der Waals surface area contributed by atoms with Crippen LogP contribution in [0.25, 0.3) is 5.57 Å². The van der Waals surface area contributed by atoms with E-state index in [4.69, 9.17) is 23.2 Å². The molecule has 0 saturated heterocycles. The van der Waals surface area contributed by atoms with Crippen molar-refractivity contribution in [3.05, 3.63) is 32.8 Å². The Labute approximate surface area is 157 Å². The number of hydrogen-bond acceptors (Lipinski definition) is 4. The Balaban J connectivity index is 2.02. The van der Waals surface area contributed by atoms with Crippen molar-refractivity contribution in [3.8, 4) is 0 Å². The molecule has 0 spiro atoms. The highest BCUT2D eigenvalue weighted by Crippen LogP contribution is 2.34. The van der Waals surface area contributed by atoms with Crippen LogP contribution in [-0.4, -0.2) is 47.3 Å². The van der Waals surface area contributed by atoms with Crippen LogP contribution in [-0.2, 0) is 0 Å². The average Bonchev–Trinajstić information content (AvgIpc) is 2.96. The molecule has 1 aromatic heterocycles. The summed E-state index contributed by atoms with van der Waals surface area (Å²) >= 11 is 13.6. The number of carbonyl (C=O) groups is 1. The van der Waals surface area contributed by atoms with Crippen LogP contribution in [0.4, 0.5) is 0 Å². The van der Waals surface area contributed by atoms with Crippen LogP contribution in [0.15, 0.2) is 17.2 Å². The van der Waals surface area contributed by atoms with E-state index in [1.54, 1.807) is 6.08 Å². The first kappa shape index (κ1) is 19.4. The van der Waals surface area contributed by atoms with Gasteiger partial charge in [0.05, 0.1) is 11.1 Å². The number of nitrogens with one attached hydrogen (secondary N) is 1. The summed E-state index contributed by atoms with van der Waals surface area (Å²) in [5.74, 6) is -0.0594. The molecule has 1 aromatic rings. The second-order valence-corrected chi connectivity index (χ2v) is 7.59. The molecule has 2 rings (SSSR count). The fourth-order valence-electron chi connectivity index (χ4n) is 2.49. The number of aryl methyl sites for hydroxylation is 1. The van der Waals surface area contributed by atoms with Crippen molar-refractivity contribution in [1.82, 2.24) is 15.2 Å². The molecule has 0 bridgehead atoms. The summed E-state index contributed by atoms with van der Waals surface area (Å²) in [4.78, 5) is 19.9. The molecule has 0 fully saturated rings. The standard InChI is InChI=1S/C17H23Cl2N3OS/c1-4-22(5-2)9-8-20-16(23)15-11(3)21-17(24-15)12-6-7-13(18)14(19)10-12/h6-7,14H,4-5,8-10H2,1-3H3,(H,20,23). The van der Waals surface area contributed by atoms with Crippen molar-refractivity contribution in [2.24, 2.45) is 0 Å². The lowest BCUT2D eigenvalue weighted by Gasteiger charge is -2.17. The van der Waals surface area contributed by atoms with Gasteiger partial charge in [0, 0.05) is 18.1 Å². The predicted molar refractivity (Wildman–Crippen MR) is 103 cm³/mol. The highest BCUT2D eigenvalue weighted by atomic mass is 35.5. The van der Waals surface area contributed by atoms with Gasteiger partial charge in [0.2, 0.25) is 0 Å². The van der Waals surface area contributed by atoms with E-state index in [-0.39, 0.29) is 11.3 Å². The minimum absolute atomic E-state index is 0.0594. The first-order valence-corrected chi connectivity index (χ1v) is 9.78. The quantitative estimate of drug-likeness (QED) is 0.717. The Kier molecular flexibility index (Phi) is 7.29. The van der Waals surface area contributed by atoms with E-state index >= 15 is 0 Å².